The second kappa shape index (κ2) is 11.8. The molecule has 3 N–H and O–H groups in total. The van der Waals surface area contributed by atoms with Crippen LogP contribution in [0.2, 0.25) is 0 Å². The number of hydrogen-bond donors (Lipinski definition) is 3. The number of aromatic nitrogens is 1. The first-order valence-corrected chi connectivity index (χ1v) is 19.9. The van der Waals surface area contributed by atoms with E-state index >= 15 is 0 Å². The third-order valence-electron chi connectivity index (χ3n) is 16.1. The largest absolute Gasteiger partial charge is 0.468 e. The molecular formula is C44H52N4O7. The number of fused-ring (bicyclic) bond motifs is 8. The molecule has 2 aliphatic carbocycles. The number of aromatic amines is 1. The number of benzene rings is 2. The van der Waals surface area contributed by atoms with Gasteiger partial charge in [0.2, 0.25) is 0 Å². The molecule has 0 radical (unpaired) electrons. The third-order valence-corrected chi connectivity index (χ3v) is 16.1. The zero-order valence-corrected chi connectivity index (χ0v) is 32.6. The molecule has 1 aromatic heterocycles. The van der Waals surface area contributed by atoms with Crippen molar-refractivity contribution in [3.8, 4) is 0 Å². The minimum atomic E-state index is -1.37. The number of carbonyl (C=O) groups excluding carboxylic acids is 2. The van der Waals surface area contributed by atoms with Gasteiger partial charge in [-0.1, -0.05) is 53.6 Å². The van der Waals surface area contributed by atoms with Gasteiger partial charge in [0, 0.05) is 72.8 Å². The lowest BCUT2D eigenvalue weighted by molar-refractivity contribution is -0.331. The van der Waals surface area contributed by atoms with Crippen LogP contribution in [0, 0.1) is 22.7 Å². The van der Waals surface area contributed by atoms with Gasteiger partial charge in [0.05, 0.1) is 32.3 Å². The molecule has 8 bridgehead atoms. The number of likely N-dealkylation sites (N-methyl/N-ethyl adjacent to an activating group) is 2. The summed E-state index contributed by atoms with van der Waals surface area (Å²) in [6.45, 7) is 5.85. The Bertz CT molecular complexity index is 2210. The second-order valence-corrected chi connectivity index (χ2v) is 17.2. The van der Waals surface area contributed by atoms with Gasteiger partial charge in [-0.2, -0.15) is 0 Å². The van der Waals surface area contributed by atoms with Crippen molar-refractivity contribution in [2.24, 2.45) is 22.7 Å². The number of methoxy groups -OCH3 is 2. The van der Waals surface area contributed by atoms with Crippen LogP contribution in [-0.4, -0.2) is 116 Å². The summed E-state index contributed by atoms with van der Waals surface area (Å²) in [5, 5.41) is 24.8. The maximum absolute atomic E-state index is 14.7. The van der Waals surface area contributed by atoms with Gasteiger partial charge >= 0.3 is 11.9 Å². The number of H-pyrrole nitrogens is 1. The molecule has 0 amide bonds. The lowest BCUT2D eigenvalue weighted by Crippen LogP contribution is -2.83. The normalized spacial score (nSPS) is 41.2. The molecule has 7 fully saturated rings. The van der Waals surface area contributed by atoms with Crippen molar-refractivity contribution in [2.75, 3.05) is 59.5 Å². The van der Waals surface area contributed by atoms with Crippen LogP contribution < -0.4 is 4.90 Å². The Morgan fingerprint density at radius 1 is 1.00 bits per heavy atom. The van der Waals surface area contributed by atoms with Crippen molar-refractivity contribution in [1.82, 2.24) is 14.8 Å². The number of hydrogen-bond acceptors (Lipinski definition) is 10. The molecule has 1 saturated carbocycles. The molecule has 11 nitrogen and oxygen atoms in total. The SMILES string of the molecule is C/C=C1/CN(C)[C@H]2Cc3c([nH]c4ccccc34)[C@H](c3ccc4c(c3)[C@@]35CCN6C/C(=C/C)[C@@H]7C[C@@H](O[C@@H](O)[C@@]73C(=O)OC)[C@]65N4C)C[C@@H]1[C@]2(CO)C(=O)OC. The van der Waals surface area contributed by atoms with Crippen molar-refractivity contribution >= 4 is 28.5 Å². The average molecular weight is 749 g/mol. The van der Waals surface area contributed by atoms with Gasteiger partial charge in [0.15, 0.2) is 6.29 Å². The Morgan fingerprint density at radius 3 is 2.47 bits per heavy atom. The summed E-state index contributed by atoms with van der Waals surface area (Å²) in [6.07, 6.45) is 4.97. The summed E-state index contributed by atoms with van der Waals surface area (Å²) in [5.41, 5.74) is 4.58. The van der Waals surface area contributed by atoms with Crippen molar-refractivity contribution in [1.29, 1.82) is 0 Å². The summed E-state index contributed by atoms with van der Waals surface area (Å²) < 4.78 is 17.9. The number of esters is 2. The molecule has 9 aliphatic rings. The predicted octanol–water partition coefficient (Wildman–Crippen LogP) is 4.22. The van der Waals surface area contributed by atoms with E-state index < -0.39 is 34.2 Å². The first-order chi connectivity index (χ1) is 26.6. The highest BCUT2D eigenvalue weighted by Gasteiger charge is 2.89. The van der Waals surface area contributed by atoms with Crippen molar-refractivity contribution in [3.63, 3.8) is 0 Å². The van der Waals surface area contributed by atoms with Crippen LogP contribution in [0.5, 0.6) is 0 Å². The van der Waals surface area contributed by atoms with Crippen molar-refractivity contribution in [2.45, 2.75) is 75.0 Å². The zero-order chi connectivity index (χ0) is 38.4. The topological polar surface area (TPSA) is 128 Å². The third kappa shape index (κ3) is 3.76. The fraction of sp³-hybridized carbons (Fsp3) is 0.545. The molecule has 1 unspecified atom stereocenters. The number of likely N-dealkylation sites (tertiary alicyclic amines) is 1. The lowest BCUT2D eigenvalue weighted by Gasteiger charge is -2.67. The maximum Gasteiger partial charge on any atom is 0.318 e. The minimum absolute atomic E-state index is 0.204. The lowest BCUT2D eigenvalue weighted by atomic mass is 9.43. The van der Waals surface area contributed by atoms with E-state index in [0.717, 1.165) is 56.7 Å². The fourth-order valence-corrected chi connectivity index (χ4v) is 14.1. The summed E-state index contributed by atoms with van der Waals surface area (Å²) in [5.74, 6) is -1.57. The molecule has 1 spiro atoms. The summed E-state index contributed by atoms with van der Waals surface area (Å²) in [4.78, 5) is 39.9. The molecule has 11 atom stereocenters. The van der Waals surface area contributed by atoms with E-state index in [1.807, 2.05) is 27.0 Å². The highest BCUT2D eigenvalue weighted by molar-refractivity contribution is 5.88. The predicted molar refractivity (Wildman–Crippen MR) is 206 cm³/mol. The van der Waals surface area contributed by atoms with Gasteiger partial charge in [-0.3, -0.25) is 19.4 Å². The number of aliphatic hydroxyl groups is 2. The van der Waals surface area contributed by atoms with E-state index in [4.69, 9.17) is 14.2 Å². The summed E-state index contributed by atoms with van der Waals surface area (Å²) in [7, 11) is 7.04. The average Bonchev–Trinajstić information content (AvgIpc) is 3.77. The molecule has 8 heterocycles. The Morgan fingerprint density at radius 2 is 1.75 bits per heavy atom. The molecule has 7 aliphatic heterocycles. The Kier molecular flexibility index (Phi) is 7.58. The van der Waals surface area contributed by atoms with Crippen LogP contribution >= 0.6 is 0 Å². The van der Waals surface area contributed by atoms with Crippen LogP contribution in [0.4, 0.5) is 5.69 Å². The first-order valence-electron chi connectivity index (χ1n) is 19.9. The molecule has 6 saturated heterocycles. The molecule has 11 heteroatoms. The fourth-order valence-electron chi connectivity index (χ4n) is 14.1. The second-order valence-electron chi connectivity index (χ2n) is 17.2. The zero-order valence-electron chi connectivity index (χ0n) is 32.6. The number of aliphatic hydroxyl groups excluding tert-OH is 2. The van der Waals surface area contributed by atoms with Gasteiger partial charge in [0.25, 0.3) is 0 Å². The number of nitrogens with zero attached hydrogens (tertiary/aromatic N) is 3. The van der Waals surface area contributed by atoms with E-state index in [1.165, 1.54) is 14.2 Å². The number of ether oxygens (including phenoxy) is 3. The van der Waals surface area contributed by atoms with Crippen molar-refractivity contribution < 1.29 is 34.0 Å². The van der Waals surface area contributed by atoms with Crippen LogP contribution in [-0.2, 0) is 35.6 Å². The van der Waals surface area contributed by atoms with E-state index in [-0.39, 0.29) is 42.5 Å². The Labute approximate surface area is 321 Å². The maximum atomic E-state index is 14.7. The molecule has 12 rings (SSSR count). The van der Waals surface area contributed by atoms with Gasteiger partial charge < -0.3 is 34.3 Å². The van der Waals surface area contributed by atoms with Crippen LogP contribution in [0.25, 0.3) is 10.9 Å². The number of carbonyl (C=O) groups is 2. The van der Waals surface area contributed by atoms with Crippen LogP contribution in [0.1, 0.15) is 61.4 Å². The van der Waals surface area contributed by atoms with Gasteiger partial charge in [0.1, 0.15) is 16.5 Å². The Balaban J connectivity index is 1.24. The quantitative estimate of drug-likeness (QED) is 0.264. The molecule has 290 valence electrons. The highest BCUT2D eigenvalue weighted by atomic mass is 16.6. The number of para-hydroxylation sites is 1. The number of rotatable bonds is 4. The summed E-state index contributed by atoms with van der Waals surface area (Å²) >= 11 is 0. The molecule has 2 aromatic carbocycles. The summed E-state index contributed by atoms with van der Waals surface area (Å²) in [6, 6.07) is 14.8. The smallest absolute Gasteiger partial charge is 0.318 e. The van der Waals surface area contributed by atoms with E-state index in [9.17, 15) is 19.8 Å². The van der Waals surface area contributed by atoms with Gasteiger partial charge in [-0.05, 0) is 75.4 Å². The standard InChI is InChI=1S/C44H52N4O7/c1-7-24-21-46(3)35-19-29-27-11-9-10-12-33(27)45-37(29)28(18-30(24)41(35,23-49)38(50)53-5)26-13-14-34-32(17-26)42-15-16-48-22-25(8-2)31-20-36(44(42,48)47(34)4)55-40(52)43(31,42)39(51)54-6/h7-14,17,28,30-31,35-36,40,45,49,52H,15-16,18-23H2,1-6H3/b24-7-,25-8-/t28-,30-,31-,35-,36+,40+,41-,42-,43-,44-/m0/s1. The monoisotopic (exact) mass is 748 g/mol. The van der Waals surface area contributed by atoms with Crippen LogP contribution in [0.3, 0.4) is 0 Å². The van der Waals surface area contributed by atoms with Crippen molar-refractivity contribution in [3.05, 3.63) is 88.1 Å². The molecular weight excluding hydrogens is 697 g/mol. The number of piperidine rings is 1. The van der Waals surface area contributed by atoms with E-state index in [0.29, 0.717) is 38.8 Å². The molecule has 55 heavy (non-hydrogen) atoms. The minimum Gasteiger partial charge on any atom is -0.468 e. The first kappa shape index (κ1) is 35.4. The number of nitrogens with one attached hydrogen (secondary N) is 1. The number of allylic oxidation sites excluding steroid dienone is 2. The van der Waals surface area contributed by atoms with E-state index in [1.54, 1.807) is 0 Å². The van der Waals surface area contributed by atoms with E-state index in [2.05, 4.69) is 75.3 Å². The van der Waals surface area contributed by atoms with Gasteiger partial charge in [-0.15, -0.1) is 0 Å². The Hall–Kier alpha value is -4.00. The number of anilines is 1. The van der Waals surface area contributed by atoms with Gasteiger partial charge in [-0.25, -0.2) is 0 Å². The van der Waals surface area contributed by atoms with Crippen LogP contribution in [0.15, 0.2) is 65.8 Å². The molecule has 3 aromatic rings. The highest BCUT2D eigenvalue weighted by Crippen LogP contribution is 2.78.